The maximum Gasteiger partial charge on any atom is 0.287 e. The standard InChI is InChI=1S/C20H18ClNO3S/c1-14-6-8-15(9-7-14)12-22-20(23)18-11-10-16(25-18)13-26(24)19-5-3-2-4-17(19)21/h2-11H,12-13H2,1H3,(H,22,23). The molecule has 0 spiro atoms. The van der Waals surface area contributed by atoms with E-state index in [9.17, 15) is 9.00 Å². The van der Waals surface area contributed by atoms with E-state index >= 15 is 0 Å². The Kier molecular flexibility index (Phi) is 5.91. The van der Waals surface area contributed by atoms with E-state index in [0.29, 0.717) is 22.2 Å². The van der Waals surface area contributed by atoms with E-state index in [1.54, 1.807) is 36.4 Å². The van der Waals surface area contributed by atoms with Crippen LogP contribution in [0.5, 0.6) is 0 Å². The number of benzene rings is 2. The number of hydrogen-bond acceptors (Lipinski definition) is 3. The summed E-state index contributed by atoms with van der Waals surface area (Å²) in [6.45, 7) is 2.43. The third-order valence-electron chi connectivity index (χ3n) is 3.81. The summed E-state index contributed by atoms with van der Waals surface area (Å²) < 4.78 is 18.0. The highest BCUT2D eigenvalue weighted by molar-refractivity contribution is 7.84. The van der Waals surface area contributed by atoms with Gasteiger partial charge in [-0.15, -0.1) is 0 Å². The topological polar surface area (TPSA) is 59.3 Å². The monoisotopic (exact) mass is 387 g/mol. The molecule has 0 aliphatic carbocycles. The van der Waals surface area contributed by atoms with Gasteiger partial charge >= 0.3 is 0 Å². The summed E-state index contributed by atoms with van der Waals surface area (Å²) in [5.74, 6) is 0.530. The highest BCUT2D eigenvalue weighted by Crippen LogP contribution is 2.22. The zero-order chi connectivity index (χ0) is 18.5. The summed E-state index contributed by atoms with van der Waals surface area (Å²) in [4.78, 5) is 12.8. The highest BCUT2D eigenvalue weighted by Gasteiger charge is 2.15. The molecule has 2 aromatic carbocycles. The average Bonchev–Trinajstić information content (AvgIpc) is 3.10. The number of rotatable bonds is 6. The van der Waals surface area contributed by atoms with Crippen LogP contribution in [-0.2, 0) is 23.1 Å². The molecular formula is C20H18ClNO3S. The van der Waals surface area contributed by atoms with Crippen LogP contribution in [0, 0.1) is 6.92 Å². The lowest BCUT2D eigenvalue weighted by Gasteiger charge is -2.04. The minimum absolute atomic E-state index is 0.162. The molecule has 1 atom stereocenters. The summed E-state index contributed by atoms with van der Waals surface area (Å²) in [6.07, 6.45) is 0. The van der Waals surface area contributed by atoms with Crippen LogP contribution in [0.3, 0.4) is 0 Å². The number of amides is 1. The van der Waals surface area contributed by atoms with Crippen LogP contribution in [0.25, 0.3) is 0 Å². The van der Waals surface area contributed by atoms with E-state index in [1.165, 1.54) is 5.56 Å². The van der Waals surface area contributed by atoms with E-state index in [4.69, 9.17) is 16.0 Å². The summed E-state index contributed by atoms with van der Waals surface area (Å²) in [7, 11) is -1.34. The Morgan fingerprint density at radius 3 is 2.54 bits per heavy atom. The number of halogens is 1. The van der Waals surface area contributed by atoms with Gasteiger partial charge in [0, 0.05) is 6.54 Å². The smallest absolute Gasteiger partial charge is 0.287 e. The van der Waals surface area contributed by atoms with Crippen molar-refractivity contribution in [3.05, 3.63) is 88.3 Å². The third-order valence-corrected chi connectivity index (χ3v) is 5.65. The zero-order valence-corrected chi connectivity index (χ0v) is 15.8. The van der Waals surface area contributed by atoms with Crippen molar-refractivity contribution in [2.75, 3.05) is 0 Å². The van der Waals surface area contributed by atoms with Crippen molar-refractivity contribution in [2.24, 2.45) is 0 Å². The summed E-state index contributed by atoms with van der Waals surface area (Å²) >= 11 is 6.06. The second-order valence-electron chi connectivity index (χ2n) is 5.85. The molecule has 0 fully saturated rings. The molecule has 1 unspecified atom stereocenters. The van der Waals surface area contributed by atoms with E-state index in [0.717, 1.165) is 5.56 Å². The van der Waals surface area contributed by atoms with E-state index in [1.807, 2.05) is 31.2 Å². The lowest BCUT2D eigenvalue weighted by atomic mass is 10.1. The number of carbonyl (C=O) groups excluding carboxylic acids is 1. The second-order valence-corrected chi connectivity index (χ2v) is 7.68. The summed E-state index contributed by atoms with van der Waals surface area (Å²) in [6, 6.07) is 18.2. The molecule has 1 heterocycles. The Labute approximate surface area is 159 Å². The van der Waals surface area contributed by atoms with Crippen LogP contribution in [-0.4, -0.2) is 10.1 Å². The van der Waals surface area contributed by atoms with Gasteiger partial charge in [-0.2, -0.15) is 0 Å². The predicted octanol–water partition coefficient (Wildman–Crippen LogP) is 4.48. The average molecular weight is 388 g/mol. The Morgan fingerprint density at radius 2 is 1.81 bits per heavy atom. The van der Waals surface area contributed by atoms with Gasteiger partial charge in [0.25, 0.3) is 5.91 Å². The number of nitrogens with one attached hydrogen (secondary N) is 1. The lowest BCUT2D eigenvalue weighted by molar-refractivity contribution is 0.0921. The van der Waals surface area contributed by atoms with Crippen LogP contribution in [0.1, 0.15) is 27.4 Å². The quantitative estimate of drug-likeness (QED) is 0.678. The molecule has 0 radical (unpaired) electrons. The lowest BCUT2D eigenvalue weighted by Crippen LogP contribution is -2.22. The number of hydrogen-bond donors (Lipinski definition) is 1. The molecule has 1 aromatic heterocycles. The van der Waals surface area contributed by atoms with Crippen LogP contribution < -0.4 is 5.32 Å². The molecule has 1 amide bonds. The minimum atomic E-state index is -1.34. The molecule has 0 saturated heterocycles. The van der Waals surface area contributed by atoms with E-state index < -0.39 is 10.8 Å². The molecule has 1 N–H and O–H groups in total. The van der Waals surface area contributed by atoms with Gasteiger partial charge in [0.05, 0.1) is 26.5 Å². The molecule has 3 aromatic rings. The van der Waals surface area contributed by atoms with Gasteiger partial charge in [-0.25, -0.2) is 0 Å². The first-order valence-electron chi connectivity index (χ1n) is 8.08. The maximum absolute atomic E-state index is 12.4. The van der Waals surface area contributed by atoms with Gasteiger partial charge < -0.3 is 9.73 Å². The van der Waals surface area contributed by atoms with E-state index in [2.05, 4.69) is 5.32 Å². The van der Waals surface area contributed by atoms with Gasteiger partial charge in [0.2, 0.25) is 0 Å². The first-order chi connectivity index (χ1) is 12.5. The van der Waals surface area contributed by atoms with Crippen molar-refractivity contribution in [3.8, 4) is 0 Å². The van der Waals surface area contributed by atoms with Crippen molar-refractivity contribution in [2.45, 2.75) is 24.1 Å². The number of carbonyl (C=O) groups is 1. The largest absolute Gasteiger partial charge is 0.455 e. The fraction of sp³-hybridized carbons (Fsp3) is 0.150. The summed E-state index contributed by atoms with van der Waals surface area (Å²) in [5, 5.41) is 3.26. The summed E-state index contributed by atoms with van der Waals surface area (Å²) in [5.41, 5.74) is 2.18. The van der Waals surface area contributed by atoms with Crippen LogP contribution in [0.2, 0.25) is 5.02 Å². The van der Waals surface area contributed by atoms with Gasteiger partial charge in [-0.05, 0) is 36.8 Å². The molecule has 4 nitrogen and oxygen atoms in total. The van der Waals surface area contributed by atoms with Crippen LogP contribution in [0.15, 0.2) is 70.0 Å². The first kappa shape index (κ1) is 18.4. The highest BCUT2D eigenvalue weighted by atomic mass is 35.5. The van der Waals surface area contributed by atoms with Crippen molar-refractivity contribution >= 4 is 28.3 Å². The molecule has 3 rings (SSSR count). The number of furan rings is 1. The normalized spacial score (nSPS) is 11.9. The van der Waals surface area contributed by atoms with Crippen LogP contribution >= 0.6 is 11.6 Å². The Bertz CT molecular complexity index is 934. The van der Waals surface area contributed by atoms with Gasteiger partial charge in [-0.1, -0.05) is 53.6 Å². The Morgan fingerprint density at radius 1 is 1.08 bits per heavy atom. The SMILES string of the molecule is Cc1ccc(CNC(=O)c2ccc(CS(=O)c3ccccc3Cl)o2)cc1. The van der Waals surface area contributed by atoms with Gasteiger partial charge in [0.1, 0.15) is 5.76 Å². The van der Waals surface area contributed by atoms with Crippen molar-refractivity contribution in [1.29, 1.82) is 0 Å². The van der Waals surface area contributed by atoms with E-state index in [-0.39, 0.29) is 17.4 Å². The van der Waals surface area contributed by atoms with Gasteiger partial charge in [-0.3, -0.25) is 9.00 Å². The van der Waals surface area contributed by atoms with Crippen molar-refractivity contribution < 1.29 is 13.4 Å². The third kappa shape index (κ3) is 4.62. The van der Waals surface area contributed by atoms with Crippen molar-refractivity contribution in [3.63, 3.8) is 0 Å². The molecule has 6 heteroatoms. The Hall–Kier alpha value is -2.37. The minimum Gasteiger partial charge on any atom is -0.455 e. The fourth-order valence-corrected chi connectivity index (χ4v) is 3.87. The Balaban J connectivity index is 1.60. The fourth-order valence-electron chi connectivity index (χ4n) is 2.39. The molecule has 26 heavy (non-hydrogen) atoms. The second kappa shape index (κ2) is 8.34. The maximum atomic E-state index is 12.4. The molecule has 0 aliphatic rings. The van der Waals surface area contributed by atoms with Crippen LogP contribution in [0.4, 0.5) is 0 Å². The molecule has 0 saturated carbocycles. The number of aryl methyl sites for hydroxylation is 1. The van der Waals surface area contributed by atoms with Gasteiger partial charge in [0.15, 0.2) is 5.76 Å². The molecule has 134 valence electrons. The predicted molar refractivity (Wildman–Crippen MR) is 103 cm³/mol. The first-order valence-corrected chi connectivity index (χ1v) is 9.78. The molecule has 0 bridgehead atoms. The molecular weight excluding hydrogens is 370 g/mol. The zero-order valence-electron chi connectivity index (χ0n) is 14.2. The van der Waals surface area contributed by atoms with Crippen molar-refractivity contribution in [1.82, 2.24) is 5.32 Å². The molecule has 0 aliphatic heterocycles.